The van der Waals surface area contributed by atoms with Gasteiger partial charge in [-0.15, -0.1) is 5.10 Å². The summed E-state index contributed by atoms with van der Waals surface area (Å²) in [6.45, 7) is 1.10. The molecule has 13 heteroatoms. The molecule has 0 N–H and O–H groups in total. The maximum Gasteiger partial charge on any atom is 0.416 e. The second kappa shape index (κ2) is 9.21. The number of fused-ring (bicyclic) bond motifs is 1. The number of anilines is 1. The molecule has 4 aromatic rings. The molecule has 186 valence electrons. The zero-order chi connectivity index (χ0) is 25.6. The first-order valence-electron chi connectivity index (χ1n) is 10.7. The zero-order valence-electron chi connectivity index (χ0n) is 18.3. The van der Waals surface area contributed by atoms with Crippen molar-refractivity contribution in [2.45, 2.75) is 6.18 Å². The number of piperazine rings is 1. The highest BCUT2D eigenvalue weighted by Gasteiger charge is 2.33. The quantitative estimate of drug-likeness (QED) is 0.334. The number of rotatable bonds is 3. The van der Waals surface area contributed by atoms with Crippen LogP contribution in [0.15, 0.2) is 48.7 Å². The fraction of sp³-hybridized carbons (Fsp3) is 0.217. The summed E-state index contributed by atoms with van der Waals surface area (Å²) in [6.07, 6.45) is -3.09. The summed E-state index contributed by atoms with van der Waals surface area (Å²) in [5.74, 6) is -1.13. The summed E-state index contributed by atoms with van der Waals surface area (Å²) in [4.78, 5) is 24.7. The molecule has 1 amide bonds. The van der Waals surface area contributed by atoms with Crippen LogP contribution in [0.3, 0.4) is 0 Å². The highest BCUT2D eigenvalue weighted by atomic mass is 35.5. The van der Waals surface area contributed by atoms with Crippen LogP contribution in [-0.2, 0) is 6.18 Å². The van der Waals surface area contributed by atoms with E-state index in [9.17, 15) is 22.4 Å². The van der Waals surface area contributed by atoms with Crippen LogP contribution in [0.5, 0.6) is 0 Å². The van der Waals surface area contributed by atoms with Crippen LogP contribution in [0.4, 0.5) is 23.5 Å². The molecule has 0 spiro atoms. The minimum Gasteiger partial charge on any atom is -0.336 e. The predicted octanol–water partition coefficient (Wildman–Crippen LogP) is 5.22. The lowest BCUT2D eigenvalue weighted by molar-refractivity contribution is -0.137. The van der Waals surface area contributed by atoms with Crippen molar-refractivity contribution in [1.82, 2.24) is 24.5 Å². The minimum absolute atomic E-state index is 0.210. The van der Waals surface area contributed by atoms with Crippen LogP contribution < -0.4 is 4.90 Å². The van der Waals surface area contributed by atoms with Crippen molar-refractivity contribution in [1.29, 1.82) is 0 Å². The van der Waals surface area contributed by atoms with E-state index in [-0.39, 0.29) is 13.1 Å². The summed E-state index contributed by atoms with van der Waals surface area (Å²) in [5.41, 5.74) is -0.0861. The summed E-state index contributed by atoms with van der Waals surface area (Å²) >= 11 is 12.2. The van der Waals surface area contributed by atoms with Gasteiger partial charge in [-0.2, -0.15) is 22.7 Å². The van der Waals surface area contributed by atoms with Crippen LogP contribution in [0, 0.1) is 5.82 Å². The minimum atomic E-state index is -4.69. The Hall–Kier alpha value is -3.44. The van der Waals surface area contributed by atoms with E-state index in [1.807, 2.05) is 4.90 Å². The molecule has 0 saturated carbocycles. The number of benzene rings is 2. The number of carbonyl (C=O) groups excluding carboxylic acids is 1. The summed E-state index contributed by atoms with van der Waals surface area (Å²) in [6, 6.07) is 8.86. The van der Waals surface area contributed by atoms with Gasteiger partial charge in [-0.25, -0.2) is 9.37 Å². The Labute approximate surface area is 211 Å². The molecule has 1 aliphatic heterocycles. The van der Waals surface area contributed by atoms with E-state index in [1.54, 1.807) is 35.0 Å². The first-order valence-corrected chi connectivity index (χ1v) is 11.5. The van der Waals surface area contributed by atoms with Crippen molar-refractivity contribution in [3.63, 3.8) is 0 Å². The molecule has 2 aromatic heterocycles. The fourth-order valence-electron chi connectivity index (χ4n) is 3.94. The molecular weight excluding hydrogens is 523 g/mol. The summed E-state index contributed by atoms with van der Waals surface area (Å²) in [5, 5.41) is 5.38. The molecule has 0 atom stereocenters. The summed E-state index contributed by atoms with van der Waals surface area (Å²) in [7, 11) is 0. The van der Waals surface area contributed by atoms with Gasteiger partial charge in [0.15, 0.2) is 0 Å². The van der Waals surface area contributed by atoms with E-state index >= 15 is 0 Å². The lowest BCUT2D eigenvalue weighted by atomic mass is 10.1. The van der Waals surface area contributed by atoms with Gasteiger partial charge in [0.25, 0.3) is 11.7 Å². The number of halogens is 6. The molecule has 1 saturated heterocycles. The molecule has 2 aromatic carbocycles. The number of amides is 1. The average molecular weight is 539 g/mol. The van der Waals surface area contributed by atoms with Crippen molar-refractivity contribution in [2.24, 2.45) is 0 Å². The normalized spacial score (nSPS) is 14.5. The van der Waals surface area contributed by atoms with Gasteiger partial charge in [-0.1, -0.05) is 29.3 Å². The number of alkyl halides is 3. The average Bonchev–Trinajstić information content (AvgIpc) is 3.29. The van der Waals surface area contributed by atoms with Crippen molar-refractivity contribution in [3.8, 4) is 11.3 Å². The van der Waals surface area contributed by atoms with Crippen LogP contribution in [0.25, 0.3) is 17.0 Å². The third kappa shape index (κ3) is 4.56. The van der Waals surface area contributed by atoms with E-state index in [1.165, 1.54) is 4.90 Å². The van der Waals surface area contributed by atoms with Gasteiger partial charge in [0.2, 0.25) is 5.95 Å². The van der Waals surface area contributed by atoms with Crippen molar-refractivity contribution >= 4 is 40.8 Å². The Morgan fingerprint density at radius 3 is 2.36 bits per heavy atom. The first-order chi connectivity index (χ1) is 17.1. The molecule has 1 fully saturated rings. The number of nitrogens with zero attached hydrogens (tertiary/aromatic N) is 6. The highest BCUT2D eigenvalue weighted by Crippen LogP contribution is 2.31. The summed E-state index contributed by atoms with van der Waals surface area (Å²) < 4.78 is 54.2. The molecule has 36 heavy (non-hydrogen) atoms. The van der Waals surface area contributed by atoms with Crippen molar-refractivity contribution in [3.05, 3.63) is 75.7 Å². The molecular formula is C23H16Cl2F4N6O. The molecule has 0 radical (unpaired) electrons. The monoisotopic (exact) mass is 538 g/mol. The number of aromatic nitrogens is 4. The first kappa shape index (κ1) is 24.3. The lowest BCUT2D eigenvalue weighted by Gasteiger charge is -2.34. The Bertz CT molecular complexity index is 1470. The second-order valence-electron chi connectivity index (χ2n) is 8.05. The number of hydrogen-bond acceptors (Lipinski definition) is 5. The Kier molecular flexibility index (Phi) is 6.21. The van der Waals surface area contributed by atoms with E-state index in [2.05, 4.69) is 15.1 Å². The van der Waals surface area contributed by atoms with E-state index in [4.69, 9.17) is 23.2 Å². The maximum atomic E-state index is 14.3. The van der Waals surface area contributed by atoms with E-state index in [0.29, 0.717) is 52.7 Å². The van der Waals surface area contributed by atoms with Gasteiger partial charge < -0.3 is 9.80 Å². The molecule has 0 aliphatic carbocycles. The smallest absolute Gasteiger partial charge is 0.336 e. The van der Waals surface area contributed by atoms with Crippen LogP contribution in [-0.4, -0.2) is 56.6 Å². The largest absolute Gasteiger partial charge is 0.416 e. The van der Waals surface area contributed by atoms with Gasteiger partial charge >= 0.3 is 6.18 Å². The van der Waals surface area contributed by atoms with Crippen molar-refractivity contribution < 1.29 is 22.4 Å². The maximum absolute atomic E-state index is 14.3. The molecule has 7 nitrogen and oxygen atoms in total. The standard InChI is InChI=1S/C23H16Cl2F4N6O/c24-16-4-1-13(11-17(16)25)19-5-6-30-21-31-22(32-35(19)21)34-9-7-33(8-10-34)20(36)15-3-2-14(12-18(15)26)23(27,28)29/h1-6,11-12H,7-10H2. The molecule has 0 bridgehead atoms. The van der Waals surface area contributed by atoms with Gasteiger partial charge in [0.05, 0.1) is 26.9 Å². The lowest BCUT2D eigenvalue weighted by Crippen LogP contribution is -2.49. The third-order valence-corrected chi connectivity index (χ3v) is 6.56. The molecule has 0 unspecified atom stereocenters. The SMILES string of the molecule is O=C(c1ccc(C(F)(F)F)cc1F)N1CCN(c2nc3nccc(-c4ccc(Cl)c(Cl)c4)n3n2)CC1. The molecule has 3 heterocycles. The van der Waals surface area contributed by atoms with E-state index < -0.39 is 29.0 Å². The topological polar surface area (TPSA) is 66.6 Å². The van der Waals surface area contributed by atoms with Gasteiger partial charge in [-0.05, 0) is 36.4 Å². The predicted molar refractivity (Wildman–Crippen MR) is 126 cm³/mol. The highest BCUT2D eigenvalue weighted by molar-refractivity contribution is 6.42. The zero-order valence-corrected chi connectivity index (χ0v) is 19.8. The van der Waals surface area contributed by atoms with Crippen LogP contribution in [0.2, 0.25) is 10.0 Å². The van der Waals surface area contributed by atoms with Crippen LogP contribution in [0.1, 0.15) is 15.9 Å². The van der Waals surface area contributed by atoms with Crippen molar-refractivity contribution in [2.75, 3.05) is 31.1 Å². The number of carbonyl (C=O) groups is 1. The molecule has 1 aliphatic rings. The van der Waals surface area contributed by atoms with Gasteiger partial charge in [-0.3, -0.25) is 4.79 Å². The second-order valence-corrected chi connectivity index (χ2v) is 8.87. The van der Waals surface area contributed by atoms with Gasteiger partial charge in [0, 0.05) is 37.9 Å². The fourth-order valence-corrected chi connectivity index (χ4v) is 4.23. The number of hydrogen-bond donors (Lipinski definition) is 0. The van der Waals surface area contributed by atoms with E-state index in [0.717, 1.165) is 11.6 Å². The Morgan fingerprint density at radius 1 is 0.944 bits per heavy atom. The van der Waals surface area contributed by atoms with Gasteiger partial charge in [0.1, 0.15) is 5.82 Å². The Morgan fingerprint density at radius 2 is 1.69 bits per heavy atom. The Balaban J connectivity index is 1.33. The third-order valence-electron chi connectivity index (χ3n) is 5.82. The molecule has 5 rings (SSSR count). The van der Waals surface area contributed by atoms with Crippen LogP contribution >= 0.6 is 23.2 Å².